The van der Waals surface area contributed by atoms with E-state index >= 15 is 0 Å². The lowest BCUT2D eigenvalue weighted by Crippen LogP contribution is -2.41. The lowest BCUT2D eigenvalue weighted by atomic mass is 9.80. The molecule has 16 atom stereocenters. The van der Waals surface area contributed by atoms with Gasteiger partial charge in [-0.2, -0.15) is 0 Å². The zero-order chi connectivity index (χ0) is 25.7. The smallest absolute Gasteiger partial charge is 0.186 e. The number of hydrogen-bond acceptors (Lipinski definition) is 8. The molecule has 38 heavy (non-hydrogen) atoms. The first-order chi connectivity index (χ1) is 18.4. The molecule has 6 saturated carbocycles. The second-order valence-corrected chi connectivity index (χ2v) is 16.8. The minimum absolute atomic E-state index is 0.00585. The Kier molecular flexibility index (Phi) is 6.54. The maximum atomic E-state index is 11.7. The second kappa shape index (κ2) is 9.72. The fourth-order valence-corrected chi connectivity index (χ4v) is 13.2. The van der Waals surface area contributed by atoms with Crippen LogP contribution in [0.3, 0.4) is 0 Å². The van der Waals surface area contributed by atoms with Crippen LogP contribution in [0.25, 0.3) is 0 Å². The molecule has 210 valence electrons. The molecule has 6 nitrogen and oxygen atoms in total. The van der Waals surface area contributed by atoms with Crippen LogP contribution < -0.4 is 0 Å². The maximum absolute atomic E-state index is 11.7. The average molecular weight is 563 g/mol. The minimum atomic E-state index is -0.00585. The Hall–Kier alpha value is -0.120. The molecule has 8 rings (SSSR count). The van der Waals surface area contributed by atoms with Crippen LogP contribution in [0, 0.1) is 47.3 Å². The number of carbonyl (C=O) groups excluding carboxylic acids is 2. The van der Waals surface area contributed by atoms with Gasteiger partial charge in [0.05, 0.1) is 25.4 Å². The van der Waals surface area contributed by atoms with Gasteiger partial charge in [0.2, 0.25) is 0 Å². The zero-order valence-electron chi connectivity index (χ0n) is 22.6. The zero-order valence-corrected chi connectivity index (χ0v) is 24.2. The molecule has 16 unspecified atom stereocenters. The first kappa shape index (κ1) is 25.6. The van der Waals surface area contributed by atoms with Gasteiger partial charge in [-0.1, -0.05) is 23.5 Å². The van der Waals surface area contributed by atoms with E-state index in [-0.39, 0.29) is 34.6 Å². The summed E-state index contributed by atoms with van der Waals surface area (Å²) in [6.45, 7) is 4.65. The second-order valence-electron chi connectivity index (χ2n) is 13.9. The third-order valence-electron chi connectivity index (χ3n) is 12.1. The van der Waals surface area contributed by atoms with Crippen molar-refractivity contribution >= 4 is 33.8 Å². The fourth-order valence-electron chi connectivity index (χ4n) is 11.0. The SMILES string of the molecule is CC(=O)SC1CC2C3CC(OC4COC5C(OC6CC7CC6C6CC(SC(C)=O)CC76)COC45)C(C3)C2C1. The van der Waals surface area contributed by atoms with Gasteiger partial charge in [-0.25, -0.2) is 0 Å². The van der Waals surface area contributed by atoms with E-state index in [1.165, 1.54) is 51.4 Å². The molecule has 2 aliphatic heterocycles. The van der Waals surface area contributed by atoms with Gasteiger partial charge in [-0.05, 0) is 98.7 Å². The first-order valence-electron chi connectivity index (χ1n) is 15.3. The Balaban J connectivity index is 0.857. The summed E-state index contributed by atoms with van der Waals surface area (Å²) in [6.07, 6.45) is 10.5. The lowest BCUT2D eigenvalue weighted by Gasteiger charge is -2.34. The van der Waals surface area contributed by atoms with E-state index < -0.39 is 0 Å². The number of thioether (sulfide) groups is 2. The van der Waals surface area contributed by atoms with E-state index in [4.69, 9.17) is 18.9 Å². The maximum Gasteiger partial charge on any atom is 0.186 e. The molecule has 0 aromatic carbocycles. The molecule has 6 aliphatic carbocycles. The summed E-state index contributed by atoms with van der Waals surface area (Å²) in [6, 6.07) is 0. The first-order valence-corrected chi connectivity index (χ1v) is 17.1. The van der Waals surface area contributed by atoms with Crippen molar-refractivity contribution in [2.24, 2.45) is 47.3 Å². The van der Waals surface area contributed by atoms with Gasteiger partial charge >= 0.3 is 0 Å². The van der Waals surface area contributed by atoms with Crippen LogP contribution >= 0.6 is 23.5 Å². The molecule has 0 spiro atoms. The summed E-state index contributed by atoms with van der Waals surface area (Å²) in [4.78, 5) is 23.3. The minimum Gasteiger partial charge on any atom is -0.370 e. The summed E-state index contributed by atoms with van der Waals surface area (Å²) in [5.41, 5.74) is 0. The van der Waals surface area contributed by atoms with Gasteiger partial charge in [0.25, 0.3) is 0 Å². The highest BCUT2D eigenvalue weighted by Crippen LogP contribution is 2.62. The van der Waals surface area contributed by atoms with Crippen LogP contribution in [-0.2, 0) is 28.5 Å². The van der Waals surface area contributed by atoms with Crippen LogP contribution in [0.4, 0.5) is 0 Å². The van der Waals surface area contributed by atoms with Gasteiger partial charge in [-0.15, -0.1) is 0 Å². The summed E-state index contributed by atoms with van der Waals surface area (Å²) in [5.74, 6) is 5.93. The number of hydrogen-bond donors (Lipinski definition) is 0. The monoisotopic (exact) mass is 562 g/mol. The average Bonchev–Trinajstić information content (AvgIpc) is 3.67. The fraction of sp³-hybridized carbons (Fsp3) is 0.933. The van der Waals surface area contributed by atoms with Gasteiger partial charge in [0.15, 0.2) is 10.2 Å². The van der Waals surface area contributed by atoms with Crippen LogP contribution in [-0.4, -0.2) is 70.6 Å². The quantitative estimate of drug-likeness (QED) is 0.461. The van der Waals surface area contributed by atoms with Crippen molar-refractivity contribution in [3.8, 4) is 0 Å². The topological polar surface area (TPSA) is 71.1 Å². The van der Waals surface area contributed by atoms with Crippen molar-refractivity contribution < 1.29 is 28.5 Å². The van der Waals surface area contributed by atoms with E-state index in [0.29, 0.717) is 47.8 Å². The standard InChI is InChI=1S/C30H42O6S2/c1-13(31)37-17-7-19-15-3-23(21(19)9-17)25(5-15)35-27-11-33-30-28(12-34-29(27)30)36-26-6-16-4-24(26)22-10-18(8-20(16)22)38-14(2)32/h15-30H,3-12H2,1-2H3. The van der Waals surface area contributed by atoms with Crippen molar-refractivity contribution in [1.29, 1.82) is 0 Å². The lowest BCUT2D eigenvalue weighted by molar-refractivity contribution is -0.111. The normalized spacial score (nSPS) is 55.5. The number of carbonyl (C=O) groups is 2. The van der Waals surface area contributed by atoms with E-state index in [2.05, 4.69) is 0 Å². The molecule has 2 saturated heterocycles. The molecule has 0 amide bonds. The molecule has 0 radical (unpaired) electrons. The van der Waals surface area contributed by atoms with E-state index in [9.17, 15) is 9.59 Å². The van der Waals surface area contributed by atoms with Crippen molar-refractivity contribution in [3.05, 3.63) is 0 Å². The molecule has 2 heterocycles. The molecule has 8 fully saturated rings. The van der Waals surface area contributed by atoms with Crippen molar-refractivity contribution in [3.63, 3.8) is 0 Å². The number of ether oxygens (including phenoxy) is 4. The third-order valence-corrected chi connectivity index (χ3v) is 14.2. The molecule has 8 aliphatic rings. The highest BCUT2D eigenvalue weighted by Gasteiger charge is 2.60. The molecule has 0 aromatic heterocycles. The summed E-state index contributed by atoms with van der Waals surface area (Å²) >= 11 is 3.15. The van der Waals surface area contributed by atoms with Gasteiger partial charge in [-0.3, -0.25) is 9.59 Å². The molecule has 8 heteroatoms. The predicted molar refractivity (Wildman–Crippen MR) is 146 cm³/mol. The largest absolute Gasteiger partial charge is 0.370 e. The Labute approximate surface area is 234 Å². The summed E-state index contributed by atoms with van der Waals surface area (Å²) < 4.78 is 26.2. The van der Waals surface area contributed by atoms with Crippen LogP contribution in [0.5, 0.6) is 0 Å². The van der Waals surface area contributed by atoms with Gasteiger partial charge in [0.1, 0.15) is 24.4 Å². The summed E-state index contributed by atoms with van der Waals surface area (Å²) in [7, 11) is 0. The van der Waals surface area contributed by atoms with E-state index in [1.54, 1.807) is 37.4 Å². The van der Waals surface area contributed by atoms with Crippen LogP contribution in [0.15, 0.2) is 0 Å². The Bertz CT molecular complexity index is 900. The van der Waals surface area contributed by atoms with Gasteiger partial charge < -0.3 is 18.9 Å². The highest BCUT2D eigenvalue weighted by molar-refractivity contribution is 8.14. The number of rotatable bonds is 6. The van der Waals surface area contributed by atoms with Crippen molar-refractivity contribution in [1.82, 2.24) is 0 Å². The molecule has 4 bridgehead atoms. The highest BCUT2D eigenvalue weighted by atomic mass is 32.2. The van der Waals surface area contributed by atoms with E-state index in [1.807, 2.05) is 0 Å². The van der Waals surface area contributed by atoms with Crippen molar-refractivity contribution in [2.75, 3.05) is 13.2 Å². The van der Waals surface area contributed by atoms with Crippen molar-refractivity contribution in [2.45, 2.75) is 112 Å². The Morgan fingerprint density at radius 2 is 0.974 bits per heavy atom. The molecular weight excluding hydrogens is 520 g/mol. The third kappa shape index (κ3) is 4.21. The predicted octanol–water partition coefficient (Wildman–Crippen LogP) is 4.72. The van der Waals surface area contributed by atoms with Crippen LogP contribution in [0.2, 0.25) is 0 Å². The molecule has 0 N–H and O–H groups in total. The number of fused-ring (bicyclic) bond motifs is 11. The van der Waals surface area contributed by atoms with Crippen LogP contribution in [0.1, 0.15) is 65.2 Å². The molecular formula is C30H42O6S2. The van der Waals surface area contributed by atoms with E-state index in [0.717, 1.165) is 35.5 Å². The Morgan fingerprint density at radius 1 is 0.553 bits per heavy atom. The summed E-state index contributed by atoms with van der Waals surface area (Å²) in [5, 5.41) is 1.57. The molecule has 0 aromatic rings. The Morgan fingerprint density at radius 3 is 1.39 bits per heavy atom. The van der Waals surface area contributed by atoms with Gasteiger partial charge in [0, 0.05) is 24.3 Å².